The second kappa shape index (κ2) is 8.99. The second-order valence-corrected chi connectivity index (χ2v) is 7.56. The van der Waals surface area contributed by atoms with Gasteiger partial charge in [-0.2, -0.15) is 0 Å². The third-order valence-electron chi connectivity index (χ3n) is 4.10. The monoisotopic (exact) mass is 414 g/mol. The van der Waals surface area contributed by atoms with E-state index in [2.05, 4.69) is 10.3 Å². The lowest BCUT2D eigenvalue weighted by Crippen LogP contribution is -2.31. The van der Waals surface area contributed by atoms with Gasteiger partial charge in [0.15, 0.2) is 12.3 Å². The molecule has 0 saturated heterocycles. The summed E-state index contributed by atoms with van der Waals surface area (Å²) in [5, 5.41) is 5.68. The lowest BCUT2D eigenvalue weighted by Gasteiger charge is -2.15. The molecule has 1 aromatic heterocycles. The molecule has 5 nitrogen and oxygen atoms in total. The Bertz CT molecular complexity index is 985. The van der Waals surface area contributed by atoms with E-state index in [0.29, 0.717) is 5.02 Å². The number of nitrogens with one attached hydrogen (secondary N) is 1. The molecule has 1 amide bonds. The molecule has 0 saturated carbocycles. The van der Waals surface area contributed by atoms with Gasteiger partial charge in [0.05, 0.1) is 6.04 Å². The molecule has 0 spiro atoms. The molecule has 1 atom stereocenters. The van der Waals surface area contributed by atoms with E-state index in [-0.39, 0.29) is 18.3 Å². The molecule has 0 aliphatic rings. The number of amides is 1. The van der Waals surface area contributed by atoms with Gasteiger partial charge in [-0.3, -0.25) is 4.79 Å². The number of hydrogen-bond acceptors (Lipinski definition) is 5. The molecule has 7 heteroatoms. The molecule has 1 heterocycles. The number of esters is 1. The van der Waals surface area contributed by atoms with Gasteiger partial charge in [0, 0.05) is 16.0 Å². The van der Waals surface area contributed by atoms with Gasteiger partial charge in [-0.1, -0.05) is 59.6 Å². The first-order valence-corrected chi connectivity index (χ1v) is 9.93. The molecule has 3 rings (SSSR count). The maximum Gasteiger partial charge on any atom is 0.358 e. The normalized spacial score (nSPS) is 11.7. The van der Waals surface area contributed by atoms with Crippen LogP contribution in [0.1, 0.15) is 34.6 Å². The van der Waals surface area contributed by atoms with Gasteiger partial charge in [-0.05, 0) is 25.5 Å². The summed E-state index contributed by atoms with van der Waals surface area (Å²) in [6.45, 7) is 3.44. The van der Waals surface area contributed by atoms with Crippen LogP contribution in [0.4, 0.5) is 0 Å². The Labute approximate surface area is 172 Å². The van der Waals surface area contributed by atoms with Gasteiger partial charge in [-0.25, -0.2) is 9.78 Å². The zero-order valence-corrected chi connectivity index (χ0v) is 17.0. The number of benzene rings is 2. The van der Waals surface area contributed by atoms with E-state index in [9.17, 15) is 9.59 Å². The van der Waals surface area contributed by atoms with Crippen molar-refractivity contribution in [3.8, 4) is 10.6 Å². The van der Waals surface area contributed by atoms with Crippen molar-refractivity contribution in [3.05, 3.63) is 75.8 Å². The summed E-state index contributed by atoms with van der Waals surface area (Å²) in [6, 6.07) is 14.8. The van der Waals surface area contributed by atoms with Crippen LogP contribution in [0.5, 0.6) is 0 Å². The Morgan fingerprint density at radius 2 is 1.89 bits per heavy atom. The lowest BCUT2D eigenvalue weighted by molar-refractivity contribution is -0.124. The fourth-order valence-corrected chi connectivity index (χ4v) is 3.68. The van der Waals surface area contributed by atoms with Gasteiger partial charge in [0.1, 0.15) is 5.01 Å². The molecule has 0 unspecified atom stereocenters. The number of carbonyl (C=O) groups excluding carboxylic acids is 2. The molecule has 0 radical (unpaired) electrons. The summed E-state index contributed by atoms with van der Waals surface area (Å²) < 4.78 is 5.09. The third kappa shape index (κ3) is 4.97. The maximum atomic E-state index is 12.2. The van der Waals surface area contributed by atoms with Gasteiger partial charge in [0.2, 0.25) is 0 Å². The zero-order valence-electron chi connectivity index (χ0n) is 15.4. The molecule has 0 bridgehead atoms. The van der Waals surface area contributed by atoms with E-state index < -0.39 is 11.9 Å². The van der Waals surface area contributed by atoms with Crippen LogP contribution in [-0.4, -0.2) is 23.5 Å². The summed E-state index contributed by atoms with van der Waals surface area (Å²) in [4.78, 5) is 28.6. The van der Waals surface area contributed by atoms with Crippen molar-refractivity contribution < 1.29 is 14.3 Å². The number of nitrogens with zero attached hydrogens (tertiary/aromatic N) is 1. The average molecular weight is 415 g/mol. The predicted octanol–water partition coefficient (Wildman–Crippen LogP) is 4.81. The van der Waals surface area contributed by atoms with Crippen molar-refractivity contribution in [2.75, 3.05) is 6.61 Å². The Morgan fingerprint density at radius 3 is 2.61 bits per heavy atom. The first-order chi connectivity index (χ1) is 13.4. The third-order valence-corrected chi connectivity index (χ3v) is 5.33. The fraction of sp³-hybridized carbons (Fsp3) is 0.190. The molecule has 3 aromatic rings. The topological polar surface area (TPSA) is 68.3 Å². The van der Waals surface area contributed by atoms with E-state index >= 15 is 0 Å². The van der Waals surface area contributed by atoms with Crippen molar-refractivity contribution in [1.29, 1.82) is 0 Å². The second-order valence-electron chi connectivity index (χ2n) is 6.29. The number of thiazole rings is 1. The first-order valence-electron chi connectivity index (χ1n) is 8.67. The molecule has 144 valence electrons. The minimum atomic E-state index is -0.629. The van der Waals surface area contributed by atoms with Crippen LogP contribution in [0.2, 0.25) is 5.02 Å². The van der Waals surface area contributed by atoms with Gasteiger partial charge in [-0.15, -0.1) is 11.3 Å². The summed E-state index contributed by atoms with van der Waals surface area (Å²) in [5.41, 5.74) is 3.07. The van der Waals surface area contributed by atoms with Crippen LogP contribution >= 0.6 is 22.9 Å². The molecule has 0 aliphatic carbocycles. The summed E-state index contributed by atoms with van der Waals surface area (Å²) in [6.07, 6.45) is 0. The van der Waals surface area contributed by atoms with E-state index in [1.54, 1.807) is 11.4 Å². The highest BCUT2D eigenvalue weighted by molar-refractivity contribution is 7.13. The molecule has 1 N–H and O–H groups in total. The first kappa shape index (κ1) is 20.0. The van der Waals surface area contributed by atoms with E-state index in [1.807, 2.05) is 56.3 Å². The molecular weight excluding hydrogens is 396 g/mol. The number of ether oxygens (including phenoxy) is 1. The summed E-state index contributed by atoms with van der Waals surface area (Å²) >= 11 is 7.48. The molecule has 2 aromatic carbocycles. The van der Waals surface area contributed by atoms with E-state index in [1.165, 1.54) is 11.3 Å². The minimum absolute atomic E-state index is 0.188. The largest absolute Gasteiger partial charge is 0.451 e. The number of aryl methyl sites for hydroxylation is 1. The number of aromatic nitrogens is 1. The number of carbonyl (C=O) groups is 2. The van der Waals surface area contributed by atoms with Crippen LogP contribution in [-0.2, 0) is 9.53 Å². The van der Waals surface area contributed by atoms with E-state index in [4.69, 9.17) is 16.3 Å². The van der Waals surface area contributed by atoms with Crippen LogP contribution < -0.4 is 5.32 Å². The van der Waals surface area contributed by atoms with Crippen LogP contribution in [0.15, 0.2) is 53.9 Å². The Hall–Kier alpha value is -2.70. The van der Waals surface area contributed by atoms with Crippen molar-refractivity contribution in [3.63, 3.8) is 0 Å². The van der Waals surface area contributed by atoms with Crippen molar-refractivity contribution in [2.45, 2.75) is 19.9 Å². The lowest BCUT2D eigenvalue weighted by atomic mass is 10.1. The molecule has 0 fully saturated rings. The van der Waals surface area contributed by atoms with Crippen molar-refractivity contribution in [2.24, 2.45) is 0 Å². The standard InChI is InChI=1S/C21H19ClN2O3S/c1-13-7-9-15(10-8-13)20-24-18(12-28-20)21(26)27-11-19(25)23-14(2)16-5-3-4-6-17(16)22/h3-10,12,14H,11H2,1-2H3,(H,23,25)/t14-/m0/s1. The molecule has 0 aliphatic heterocycles. The number of hydrogen-bond donors (Lipinski definition) is 1. The van der Waals surface area contributed by atoms with Gasteiger partial charge in [0.25, 0.3) is 5.91 Å². The van der Waals surface area contributed by atoms with Gasteiger partial charge < -0.3 is 10.1 Å². The van der Waals surface area contributed by atoms with Crippen molar-refractivity contribution >= 4 is 34.8 Å². The highest BCUT2D eigenvalue weighted by atomic mass is 35.5. The summed E-state index contributed by atoms with van der Waals surface area (Å²) in [7, 11) is 0. The predicted molar refractivity (Wildman–Crippen MR) is 111 cm³/mol. The quantitative estimate of drug-likeness (QED) is 0.588. The van der Waals surface area contributed by atoms with Gasteiger partial charge >= 0.3 is 5.97 Å². The minimum Gasteiger partial charge on any atom is -0.451 e. The van der Waals surface area contributed by atoms with Crippen LogP contribution in [0.25, 0.3) is 10.6 Å². The smallest absolute Gasteiger partial charge is 0.358 e. The molecular formula is C21H19ClN2O3S. The van der Waals surface area contributed by atoms with E-state index in [0.717, 1.165) is 21.7 Å². The Balaban J connectivity index is 1.55. The maximum absolute atomic E-state index is 12.2. The Kier molecular flexibility index (Phi) is 6.44. The van der Waals surface area contributed by atoms with Crippen LogP contribution in [0, 0.1) is 6.92 Å². The number of rotatable bonds is 6. The Morgan fingerprint density at radius 1 is 1.18 bits per heavy atom. The van der Waals surface area contributed by atoms with Crippen molar-refractivity contribution in [1.82, 2.24) is 10.3 Å². The fourth-order valence-electron chi connectivity index (χ4n) is 2.59. The summed E-state index contributed by atoms with van der Waals surface area (Å²) in [5.74, 6) is -1.04. The average Bonchev–Trinajstić information content (AvgIpc) is 3.17. The highest BCUT2D eigenvalue weighted by Crippen LogP contribution is 2.24. The zero-order chi connectivity index (χ0) is 20.1. The SMILES string of the molecule is Cc1ccc(-c2nc(C(=O)OCC(=O)N[C@@H](C)c3ccccc3Cl)cs2)cc1. The van der Waals surface area contributed by atoms with Crippen LogP contribution in [0.3, 0.4) is 0 Å². The molecule has 28 heavy (non-hydrogen) atoms. The highest BCUT2D eigenvalue weighted by Gasteiger charge is 2.17. The number of halogens is 1.